The van der Waals surface area contributed by atoms with E-state index in [0.29, 0.717) is 28.4 Å². The quantitative estimate of drug-likeness (QED) is 0.326. The number of fused-ring (bicyclic) bond motifs is 1. The molecule has 8 nitrogen and oxygen atoms in total. The zero-order valence-corrected chi connectivity index (χ0v) is 20.7. The molecule has 5 aromatic rings. The number of pyridine rings is 2. The Morgan fingerprint density at radius 2 is 1.71 bits per heavy atom. The molecule has 0 spiro atoms. The zero-order valence-electron chi connectivity index (χ0n) is 19.9. The second kappa shape index (κ2) is 10.1. The van der Waals surface area contributed by atoms with Gasteiger partial charge in [0.25, 0.3) is 15.6 Å². The van der Waals surface area contributed by atoms with Crippen LogP contribution in [0.2, 0.25) is 0 Å². The molecular formula is C27H20F2N4O4S. The SMILES string of the molecule is COCc1ncc(-c2ccc3ncc(-c4ccccc4)c(=O)n3c2)cc1NS(=O)(=O)c1ccc(F)cc1F. The van der Waals surface area contributed by atoms with E-state index in [0.717, 1.165) is 17.7 Å². The molecule has 1 N–H and O–H groups in total. The number of sulfonamides is 1. The van der Waals surface area contributed by atoms with Crippen LogP contribution in [0.4, 0.5) is 14.5 Å². The maximum atomic E-state index is 14.2. The van der Waals surface area contributed by atoms with Crippen LogP contribution in [0, 0.1) is 11.6 Å². The molecule has 0 atom stereocenters. The van der Waals surface area contributed by atoms with Crippen molar-refractivity contribution in [3.63, 3.8) is 0 Å². The Morgan fingerprint density at radius 1 is 0.921 bits per heavy atom. The number of nitrogens with zero attached hydrogens (tertiary/aromatic N) is 3. The molecule has 0 aliphatic rings. The largest absolute Gasteiger partial charge is 0.378 e. The van der Waals surface area contributed by atoms with Crippen molar-refractivity contribution >= 4 is 21.4 Å². The van der Waals surface area contributed by atoms with E-state index in [9.17, 15) is 22.0 Å². The van der Waals surface area contributed by atoms with E-state index in [2.05, 4.69) is 14.7 Å². The Morgan fingerprint density at radius 3 is 2.45 bits per heavy atom. The van der Waals surface area contributed by atoms with E-state index in [-0.39, 0.29) is 23.5 Å². The van der Waals surface area contributed by atoms with Crippen LogP contribution in [0.5, 0.6) is 0 Å². The van der Waals surface area contributed by atoms with Crippen molar-refractivity contribution in [2.75, 3.05) is 11.8 Å². The molecule has 38 heavy (non-hydrogen) atoms. The zero-order chi connectivity index (χ0) is 26.9. The lowest BCUT2D eigenvalue weighted by Gasteiger charge is -2.14. The van der Waals surface area contributed by atoms with Crippen LogP contribution in [-0.2, 0) is 21.4 Å². The summed E-state index contributed by atoms with van der Waals surface area (Å²) < 4.78 is 62.3. The Balaban J connectivity index is 1.58. The van der Waals surface area contributed by atoms with Crippen LogP contribution >= 0.6 is 0 Å². The van der Waals surface area contributed by atoms with Crippen LogP contribution in [0.1, 0.15) is 5.69 Å². The molecular weight excluding hydrogens is 514 g/mol. The maximum Gasteiger partial charge on any atom is 0.265 e. The van der Waals surface area contributed by atoms with Gasteiger partial charge < -0.3 is 4.74 Å². The van der Waals surface area contributed by atoms with Crippen molar-refractivity contribution in [3.05, 3.63) is 113 Å². The van der Waals surface area contributed by atoms with Gasteiger partial charge in [0.1, 0.15) is 22.2 Å². The molecule has 0 saturated heterocycles. The van der Waals surface area contributed by atoms with Gasteiger partial charge in [-0.15, -0.1) is 0 Å². The molecule has 192 valence electrons. The standard InChI is InChI=1S/C27H20F2N4O4S/c1-37-16-24-23(32-38(35,36)25-9-8-20(28)12-22(25)29)11-19(13-30-24)18-7-10-26-31-14-21(27(34)33(26)15-18)17-5-3-2-4-6-17/h2-15,32H,16H2,1H3. The summed E-state index contributed by atoms with van der Waals surface area (Å²) in [4.78, 5) is 21.2. The van der Waals surface area contributed by atoms with Gasteiger partial charge in [-0.25, -0.2) is 22.2 Å². The smallest absolute Gasteiger partial charge is 0.265 e. The Labute approximate surface area is 216 Å². The third-order valence-corrected chi connectivity index (χ3v) is 7.20. The van der Waals surface area contributed by atoms with Crippen molar-refractivity contribution in [2.45, 2.75) is 11.5 Å². The van der Waals surface area contributed by atoms with Crippen molar-refractivity contribution in [1.29, 1.82) is 0 Å². The molecule has 0 aliphatic heterocycles. The van der Waals surface area contributed by atoms with Crippen molar-refractivity contribution < 1.29 is 21.9 Å². The second-order valence-corrected chi connectivity index (χ2v) is 9.97. The molecule has 2 aromatic carbocycles. The second-order valence-electron chi connectivity index (χ2n) is 8.32. The molecule has 11 heteroatoms. The van der Waals surface area contributed by atoms with Gasteiger partial charge in [-0.3, -0.25) is 18.9 Å². The molecule has 0 amide bonds. The predicted molar refractivity (Wildman–Crippen MR) is 138 cm³/mol. The van der Waals surface area contributed by atoms with E-state index in [1.54, 1.807) is 18.3 Å². The van der Waals surface area contributed by atoms with Crippen molar-refractivity contribution in [3.8, 4) is 22.3 Å². The third-order valence-electron chi connectivity index (χ3n) is 5.80. The van der Waals surface area contributed by atoms with Gasteiger partial charge in [0.15, 0.2) is 0 Å². The number of rotatable bonds is 7. The average Bonchev–Trinajstić information content (AvgIpc) is 2.90. The van der Waals surface area contributed by atoms with Crippen LogP contribution in [0.3, 0.4) is 0 Å². The van der Waals surface area contributed by atoms with E-state index < -0.39 is 26.6 Å². The minimum absolute atomic E-state index is 0.0361. The fourth-order valence-corrected chi connectivity index (χ4v) is 5.09. The monoisotopic (exact) mass is 534 g/mol. The van der Waals surface area contributed by atoms with Gasteiger partial charge in [0, 0.05) is 42.9 Å². The first-order chi connectivity index (χ1) is 18.3. The minimum atomic E-state index is -4.43. The lowest BCUT2D eigenvalue weighted by molar-refractivity contribution is 0.182. The highest BCUT2D eigenvalue weighted by molar-refractivity contribution is 7.92. The summed E-state index contributed by atoms with van der Waals surface area (Å²) in [5.74, 6) is -2.13. The first kappa shape index (κ1) is 25.2. The highest BCUT2D eigenvalue weighted by Crippen LogP contribution is 2.28. The van der Waals surface area contributed by atoms with Crippen LogP contribution in [-0.4, -0.2) is 29.9 Å². The molecule has 3 heterocycles. The number of ether oxygens (including phenoxy) is 1. The summed E-state index contributed by atoms with van der Waals surface area (Å²) in [6, 6.07) is 16.2. The Kier molecular flexibility index (Phi) is 6.70. The van der Waals surface area contributed by atoms with E-state index in [1.807, 2.05) is 30.3 Å². The molecule has 0 aliphatic carbocycles. The molecule has 0 unspecified atom stereocenters. The normalized spacial score (nSPS) is 11.6. The van der Waals surface area contributed by atoms with E-state index >= 15 is 0 Å². The predicted octanol–water partition coefficient (Wildman–Crippen LogP) is 4.65. The number of hydrogen-bond donors (Lipinski definition) is 1. The van der Waals surface area contributed by atoms with Gasteiger partial charge in [0.2, 0.25) is 0 Å². The highest BCUT2D eigenvalue weighted by atomic mass is 32.2. The average molecular weight is 535 g/mol. The van der Waals surface area contributed by atoms with Gasteiger partial charge in [-0.05, 0) is 35.9 Å². The third kappa shape index (κ3) is 4.89. The maximum absolute atomic E-state index is 14.2. The van der Waals surface area contributed by atoms with Gasteiger partial charge in [-0.2, -0.15) is 0 Å². The van der Waals surface area contributed by atoms with Crippen LogP contribution in [0.25, 0.3) is 27.9 Å². The fourth-order valence-electron chi connectivity index (χ4n) is 3.95. The molecule has 0 bridgehead atoms. The van der Waals surface area contributed by atoms with Gasteiger partial charge >= 0.3 is 0 Å². The minimum Gasteiger partial charge on any atom is -0.378 e. The summed E-state index contributed by atoms with van der Waals surface area (Å²) in [6.45, 7) is -0.0361. The number of halogens is 2. The Hall–Kier alpha value is -4.48. The van der Waals surface area contributed by atoms with Crippen LogP contribution in [0.15, 0.2) is 95.0 Å². The number of nitrogens with one attached hydrogen (secondary N) is 1. The van der Waals surface area contributed by atoms with Gasteiger partial charge in [0.05, 0.1) is 23.6 Å². The lowest BCUT2D eigenvalue weighted by Crippen LogP contribution is -2.17. The van der Waals surface area contributed by atoms with Gasteiger partial charge in [-0.1, -0.05) is 30.3 Å². The number of benzene rings is 2. The molecule has 0 radical (unpaired) electrons. The first-order valence-electron chi connectivity index (χ1n) is 11.3. The molecule has 0 fully saturated rings. The van der Waals surface area contributed by atoms with E-state index in [1.165, 1.54) is 30.0 Å². The molecule has 0 saturated carbocycles. The molecule has 5 rings (SSSR count). The molecule has 3 aromatic heterocycles. The van der Waals surface area contributed by atoms with Crippen molar-refractivity contribution in [2.24, 2.45) is 0 Å². The summed E-state index contributed by atoms with van der Waals surface area (Å²) in [6.07, 6.45) is 4.61. The Bertz CT molecular complexity index is 1830. The topological polar surface area (TPSA) is 103 Å². The van der Waals surface area contributed by atoms with Crippen molar-refractivity contribution in [1.82, 2.24) is 14.4 Å². The number of aromatic nitrogens is 3. The summed E-state index contributed by atoms with van der Waals surface area (Å²) >= 11 is 0. The fraction of sp³-hybridized carbons (Fsp3) is 0.0741. The number of methoxy groups -OCH3 is 1. The number of hydrogen-bond acceptors (Lipinski definition) is 6. The summed E-state index contributed by atoms with van der Waals surface area (Å²) in [7, 11) is -3.01. The first-order valence-corrected chi connectivity index (χ1v) is 12.8. The van der Waals surface area contributed by atoms with Crippen LogP contribution < -0.4 is 10.3 Å². The summed E-state index contributed by atoms with van der Waals surface area (Å²) in [5.41, 5.74) is 2.60. The summed E-state index contributed by atoms with van der Waals surface area (Å²) in [5, 5.41) is 0. The number of anilines is 1. The van der Waals surface area contributed by atoms with E-state index in [4.69, 9.17) is 4.74 Å². The lowest BCUT2D eigenvalue weighted by atomic mass is 10.1. The highest BCUT2D eigenvalue weighted by Gasteiger charge is 2.22.